The van der Waals surface area contributed by atoms with Gasteiger partial charge in [-0.05, 0) is 44.0 Å². The molecule has 6 heteroatoms. The minimum Gasteiger partial charge on any atom is -0.378 e. The van der Waals surface area contributed by atoms with Gasteiger partial charge in [0, 0.05) is 25.4 Å². The lowest BCUT2D eigenvalue weighted by atomic mass is 10.0. The Morgan fingerprint density at radius 2 is 2.10 bits per heavy atom. The zero-order chi connectivity index (χ0) is 15.2. The van der Waals surface area contributed by atoms with Gasteiger partial charge in [-0.25, -0.2) is 4.39 Å². The molecule has 4 N–H and O–H groups in total. The molecule has 116 valence electrons. The summed E-state index contributed by atoms with van der Waals surface area (Å²) in [6.07, 6.45) is 2.84. The van der Waals surface area contributed by atoms with E-state index in [0.29, 0.717) is 18.8 Å². The van der Waals surface area contributed by atoms with Crippen molar-refractivity contribution in [2.75, 3.05) is 31.1 Å². The highest BCUT2D eigenvalue weighted by molar-refractivity contribution is 5.98. The Morgan fingerprint density at radius 3 is 2.71 bits per heavy atom. The fraction of sp³-hybridized carbons (Fsp3) is 0.533. The van der Waals surface area contributed by atoms with E-state index in [1.807, 2.05) is 0 Å². The van der Waals surface area contributed by atoms with E-state index in [0.717, 1.165) is 32.4 Å². The van der Waals surface area contributed by atoms with Crippen molar-refractivity contribution in [3.05, 3.63) is 29.6 Å². The number of nitrogens with zero attached hydrogens (tertiary/aromatic N) is 1. The summed E-state index contributed by atoms with van der Waals surface area (Å²) in [6.45, 7) is 2.85. The van der Waals surface area contributed by atoms with E-state index in [-0.39, 0.29) is 11.7 Å². The number of anilines is 1. The predicted octanol–water partition coefficient (Wildman–Crippen LogP) is 1.26. The number of carbonyl (C=O) groups excluding carboxylic acids is 1. The number of hydrogen-bond donors (Lipinski definition) is 2. The second-order valence-corrected chi connectivity index (χ2v) is 5.23. The van der Waals surface area contributed by atoms with Crippen molar-refractivity contribution in [2.24, 2.45) is 11.5 Å². The fourth-order valence-corrected chi connectivity index (χ4v) is 2.58. The van der Waals surface area contributed by atoms with Gasteiger partial charge in [-0.2, -0.15) is 0 Å². The molecule has 0 unspecified atom stereocenters. The minimum absolute atomic E-state index is 0.227. The van der Waals surface area contributed by atoms with Gasteiger partial charge >= 0.3 is 0 Å². The molecule has 1 aliphatic heterocycles. The van der Waals surface area contributed by atoms with Gasteiger partial charge in [0.05, 0.1) is 11.7 Å². The second-order valence-electron chi connectivity index (χ2n) is 5.23. The summed E-state index contributed by atoms with van der Waals surface area (Å²) in [7, 11) is 0. The molecule has 2 rings (SSSR count). The van der Waals surface area contributed by atoms with E-state index in [9.17, 15) is 9.18 Å². The van der Waals surface area contributed by atoms with E-state index < -0.39 is 11.7 Å². The molecular formula is C15H22FN3O2. The van der Waals surface area contributed by atoms with E-state index in [1.165, 1.54) is 12.1 Å². The number of primary amides is 1. The normalized spacial score (nSPS) is 16.2. The van der Waals surface area contributed by atoms with Crippen LogP contribution in [-0.4, -0.2) is 38.3 Å². The number of carbonyl (C=O) groups is 1. The Labute approximate surface area is 124 Å². The molecule has 0 aliphatic carbocycles. The highest BCUT2D eigenvalue weighted by Gasteiger charge is 2.22. The van der Waals surface area contributed by atoms with Gasteiger partial charge in [-0.1, -0.05) is 0 Å². The van der Waals surface area contributed by atoms with Crippen LogP contribution >= 0.6 is 0 Å². The molecule has 1 saturated heterocycles. The van der Waals surface area contributed by atoms with Crippen LogP contribution < -0.4 is 16.4 Å². The SMILES string of the molecule is NCCCOC1CCN(c2ccc(F)cc2C(N)=O)CC1. The van der Waals surface area contributed by atoms with E-state index in [1.54, 1.807) is 6.07 Å². The zero-order valence-electron chi connectivity index (χ0n) is 12.1. The Morgan fingerprint density at radius 1 is 1.38 bits per heavy atom. The van der Waals surface area contributed by atoms with Gasteiger partial charge in [0.1, 0.15) is 5.82 Å². The standard InChI is InChI=1S/C15H22FN3O2/c16-11-2-3-14(13(10-11)15(18)20)19-7-4-12(5-8-19)21-9-1-6-17/h2-3,10,12H,1,4-9,17H2,(H2,18,20). The molecule has 1 aromatic carbocycles. The number of amides is 1. The number of ether oxygens (including phenoxy) is 1. The van der Waals surface area contributed by atoms with Gasteiger partial charge in [-0.15, -0.1) is 0 Å². The fourth-order valence-electron chi connectivity index (χ4n) is 2.58. The summed E-state index contributed by atoms with van der Waals surface area (Å²) >= 11 is 0. The molecule has 0 bridgehead atoms. The summed E-state index contributed by atoms with van der Waals surface area (Å²) in [5.74, 6) is -1.06. The van der Waals surface area contributed by atoms with Crippen molar-refractivity contribution in [3.63, 3.8) is 0 Å². The van der Waals surface area contributed by atoms with Crippen molar-refractivity contribution in [2.45, 2.75) is 25.4 Å². The van der Waals surface area contributed by atoms with Crippen molar-refractivity contribution >= 4 is 11.6 Å². The number of halogens is 1. The number of hydrogen-bond acceptors (Lipinski definition) is 4. The molecular weight excluding hydrogens is 273 g/mol. The van der Waals surface area contributed by atoms with E-state index in [4.69, 9.17) is 16.2 Å². The van der Waals surface area contributed by atoms with Crippen LogP contribution in [-0.2, 0) is 4.74 Å². The van der Waals surface area contributed by atoms with Crippen LogP contribution in [0.5, 0.6) is 0 Å². The number of nitrogens with two attached hydrogens (primary N) is 2. The number of piperidine rings is 1. The Balaban J connectivity index is 1.97. The molecule has 0 radical (unpaired) electrons. The third kappa shape index (κ3) is 4.15. The lowest BCUT2D eigenvalue weighted by Crippen LogP contribution is -2.38. The lowest BCUT2D eigenvalue weighted by Gasteiger charge is -2.34. The molecule has 0 spiro atoms. The molecule has 1 amide bonds. The molecule has 1 fully saturated rings. The second kappa shape index (κ2) is 7.38. The Kier molecular flexibility index (Phi) is 5.52. The quantitative estimate of drug-likeness (QED) is 0.774. The lowest BCUT2D eigenvalue weighted by molar-refractivity contribution is 0.0366. The summed E-state index contributed by atoms with van der Waals surface area (Å²) in [5.41, 5.74) is 11.7. The summed E-state index contributed by atoms with van der Waals surface area (Å²) in [4.78, 5) is 13.5. The predicted molar refractivity (Wildman–Crippen MR) is 79.8 cm³/mol. The molecule has 0 atom stereocenters. The smallest absolute Gasteiger partial charge is 0.250 e. The Hall–Kier alpha value is -1.66. The molecule has 1 aliphatic rings. The maximum Gasteiger partial charge on any atom is 0.250 e. The third-order valence-corrected chi connectivity index (χ3v) is 3.71. The highest BCUT2D eigenvalue weighted by atomic mass is 19.1. The number of rotatable bonds is 6. The zero-order valence-corrected chi connectivity index (χ0v) is 12.1. The van der Waals surface area contributed by atoms with Crippen LogP contribution in [0.1, 0.15) is 29.6 Å². The molecule has 1 aromatic rings. The summed E-state index contributed by atoms with van der Waals surface area (Å²) in [6, 6.07) is 4.16. The van der Waals surface area contributed by atoms with Crippen LogP contribution in [0, 0.1) is 5.82 Å². The average molecular weight is 295 g/mol. The van der Waals surface area contributed by atoms with Gasteiger partial charge in [0.15, 0.2) is 0 Å². The molecule has 0 saturated carbocycles. The van der Waals surface area contributed by atoms with Crippen LogP contribution in [0.15, 0.2) is 18.2 Å². The monoisotopic (exact) mass is 295 g/mol. The van der Waals surface area contributed by atoms with Gasteiger partial charge < -0.3 is 21.1 Å². The van der Waals surface area contributed by atoms with Crippen LogP contribution in [0.25, 0.3) is 0 Å². The van der Waals surface area contributed by atoms with Crippen LogP contribution in [0.2, 0.25) is 0 Å². The Bertz CT molecular complexity index is 488. The van der Waals surface area contributed by atoms with Crippen LogP contribution in [0.3, 0.4) is 0 Å². The first-order chi connectivity index (χ1) is 10.1. The maximum absolute atomic E-state index is 13.3. The van der Waals surface area contributed by atoms with Crippen molar-refractivity contribution in [1.82, 2.24) is 0 Å². The minimum atomic E-state index is -0.606. The highest BCUT2D eigenvalue weighted by Crippen LogP contribution is 2.25. The largest absolute Gasteiger partial charge is 0.378 e. The first kappa shape index (κ1) is 15.7. The van der Waals surface area contributed by atoms with Crippen molar-refractivity contribution in [3.8, 4) is 0 Å². The maximum atomic E-state index is 13.3. The van der Waals surface area contributed by atoms with Crippen molar-refractivity contribution < 1.29 is 13.9 Å². The summed E-state index contributed by atoms with van der Waals surface area (Å²) in [5, 5.41) is 0. The van der Waals surface area contributed by atoms with Gasteiger partial charge in [0.2, 0.25) is 0 Å². The van der Waals surface area contributed by atoms with E-state index >= 15 is 0 Å². The van der Waals surface area contributed by atoms with Gasteiger partial charge in [0.25, 0.3) is 5.91 Å². The third-order valence-electron chi connectivity index (χ3n) is 3.71. The van der Waals surface area contributed by atoms with Crippen molar-refractivity contribution in [1.29, 1.82) is 0 Å². The molecule has 21 heavy (non-hydrogen) atoms. The van der Waals surface area contributed by atoms with Crippen LogP contribution in [0.4, 0.5) is 10.1 Å². The molecule has 5 nitrogen and oxygen atoms in total. The van der Waals surface area contributed by atoms with Gasteiger partial charge in [-0.3, -0.25) is 4.79 Å². The van der Waals surface area contributed by atoms with E-state index in [2.05, 4.69) is 4.90 Å². The number of benzene rings is 1. The molecule has 1 heterocycles. The topological polar surface area (TPSA) is 81.6 Å². The first-order valence-corrected chi connectivity index (χ1v) is 7.27. The molecule has 0 aromatic heterocycles. The average Bonchev–Trinajstić information content (AvgIpc) is 2.48. The summed E-state index contributed by atoms with van der Waals surface area (Å²) < 4.78 is 19.0. The first-order valence-electron chi connectivity index (χ1n) is 7.27.